The number of esters is 1. The van der Waals surface area contributed by atoms with E-state index in [4.69, 9.17) is 44.3 Å². The molecule has 2 heterocycles. The van der Waals surface area contributed by atoms with Crippen LogP contribution in [0.1, 0.15) is 5.69 Å². The van der Waals surface area contributed by atoms with Gasteiger partial charge in [0.05, 0.1) is 20.8 Å². The van der Waals surface area contributed by atoms with Crippen molar-refractivity contribution in [3.63, 3.8) is 0 Å². The van der Waals surface area contributed by atoms with Gasteiger partial charge in [-0.2, -0.15) is 0 Å². The van der Waals surface area contributed by atoms with Gasteiger partial charge in [-0.15, -0.1) is 0 Å². The molecule has 0 amide bonds. The number of benzene rings is 1. The number of carbonyl (C=O) groups excluding carboxylic acids is 1. The summed E-state index contributed by atoms with van der Waals surface area (Å²) in [5.74, 6) is -0.287. The maximum atomic E-state index is 11.8. The van der Waals surface area contributed by atoms with Crippen LogP contribution in [0.25, 0.3) is 5.65 Å². The number of hydrogen-bond donors (Lipinski definition) is 0. The maximum absolute atomic E-state index is 11.8. The van der Waals surface area contributed by atoms with Crippen LogP contribution in [0, 0.1) is 0 Å². The standard InChI is InChI=1S/C16H11Cl3N2O3/c17-11-5-13(19)14(6-12(11)18)23-9-16(22)24-8-10-7-21-4-2-1-3-15(21)20-10/h1-7H,8-9H2. The molecule has 3 aromatic rings. The van der Waals surface area contributed by atoms with E-state index in [1.54, 1.807) is 6.20 Å². The zero-order valence-electron chi connectivity index (χ0n) is 12.2. The van der Waals surface area contributed by atoms with Gasteiger partial charge in [-0.25, -0.2) is 9.78 Å². The molecule has 124 valence electrons. The largest absolute Gasteiger partial charge is 0.480 e. The summed E-state index contributed by atoms with van der Waals surface area (Å²) in [5.41, 5.74) is 1.42. The summed E-state index contributed by atoms with van der Waals surface area (Å²) < 4.78 is 12.3. The van der Waals surface area contributed by atoms with Gasteiger partial charge in [-0.05, 0) is 18.2 Å². The molecular formula is C16H11Cl3N2O3. The number of pyridine rings is 1. The van der Waals surface area contributed by atoms with Gasteiger partial charge >= 0.3 is 5.97 Å². The Hall–Kier alpha value is -1.95. The first-order valence-electron chi connectivity index (χ1n) is 6.88. The number of ether oxygens (including phenoxy) is 2. The minimum Gasteiger partial charge on any atom is -0.480 e. The zero-order valence-corrected chi connectivity index (χ0v) is 14.5. The first-order chi connectivity index (χ1) is 11.5. The predicted octanol–water partition coefficient (Wildman–Crippen LogP) is 4.42. The zero-order chi connectivity index (χ0) is 17.1. The Bertz CT molecular complexity index is 862. The summed E-state index contributed by atoms with van der Waals surface area (Å²) in [5, 5.41) is 0.857. The molecule has 1 aromatic carbocycles. The van der Waals surface area contributed by atoms with E-state index in [2.05, 4.69) is 4.98 Å². The van der Waals surface area contributed by atoms with E-state index in [1.807, 2.05) is 28.8 Å². The van der Waals surface area contributed by atoms with Crippen molar-refractivity contribution >= 4 is 46.4 Å². The summed E-state index contributed by atoms with van der Waals surface area (Å²) in [4.78, 5) is 16.1. The molecule has 24 heavy (non-hydrogen) atoms. The lowest BCUT2D eigenvalue weighted by Gasteiger charge is -2.09. The van der Waals surface area contributed by atoms with Crippen molar-refractivity contribution in [3.05, 3.63) is 63.5 Å². The number of carbonyl (C=O) groups is 1. The average Bonchev–Trinajstić information content (AvgIpc) is 2.98. The van der Waals surface area contributed by atoms with Crippen molar-refractivity contribution in [1.29, 1.82) is 0 Å². The molecule has 0 aliphatic carbocycles. The summed E-state index contributed by atoms with van der Waals surface area (Å²) in [6.07, 6.45) is 3.66. The van der Waals surface area contributed by atoms with Gasteiger partial charge in [0, 0.05) is 18.5 Å². The van der Waals surface area contributed by atoms with E-state index in [1.165, 1.54) is 12.1 Å². The summed E-state index contributed by atoms with van der Waals surface area (Å²) in [6.45, 7) is -0.246. The molecular weight excluding hydrogens is 375 g/mol. The second kappa shape index (κ2) is 7.30. The van der Waals surface area contributed by atoms with Crippen LogP contribution >= 0.6 is 34.8 Å². The molecule has 3 rings (SSSR count). The van der Waals surface area contributed by atoms with Crippen LogP contribution in [0.2, 0.25) is 15.1 Å². The quantitative estimate of drug-likeness (QED) is 0.482. The number of nitrogens with zero attached hydrogens (tertiary/aromatic N) is 2. The van der Waals surface area contributed by atoms with Gasteiger partial charge < -0.3 is 13.9 Å². The minimum atomic E-state index is -0.547. The molecule has 0 fully saturated rings. The van der Waals surface area contributed by atoms with Crippen molar-refractivity contribution < 1.29 is 14.3 Å². The lowest BCUT2D eigenvalue weighted by molar-refractivity contribution is -0.147. The van der Waals surface area contributed by atoms with Gasteiger partial charge in [0.15, 0.2) is 6.61 Å². The molecule has 0 aliphatic heterocycles. The Balaban J connectivity index is 1.55. The lowest BCUT2D eigenvalue weighted by Crippen LogP contribution is -2.15. The topological polar surface area (TPSA) is 52.8 Å². The molecule has 0 atom stereocenters. The van der Waals surface area contributed by atoms with Crippen molar-refractivity contribution in [2.24, 2.45) is 0 Å². The van der Waals surface area contributed by atoms with Crippen molar-refractivity contribution in [2.75, 3.05) is 6.61 Å². The van der Waals surface area contributed by atoms with E-state index in [9.17, 15) is 4.79 Å². The third kappa shape index (κ3) is 3.93. The lowest BCUT2D eigenvalue weighted by atomic mass is 10.3. The fourth-order valence-corrected chi connectivity index (χ4v) is 2.60. The Morgan fingerprint density at radius 1 is 1.12 bits per heavy atom. The summed E-state index contributed by atoms with van der Waals surface area (Å²) >= 11 is 17.7. The number of rotatable bonds is 5. The van der Waals surface area contributed by atoms with Gasteiger partial charge in [0.2, 0.25) is 0 Å². The van der Waals surface area contributed by atoms with Gasteiger partial charge in [0.25, 0.3) is 0 Å². The van der Waals surface area contributed by atoms with E-state index in [0.717, 1.165) is 5.65 Å². The molecule has 0 unspecified atom stereocenters. The number of imidazole rings is 1. The van der Waals surface area contributed by atoms with E-state index >= 15 is 0 Å². The Morgan fingerprint density at radius 3 is 2.71 bits per heavy atom. The molecule has 0 spiro atoms. The smallest absolute Gasteiger partial charge is 0.344 e. The Labute approximate surface area is 152 Å². The highest BCUT2D eigenvalue weighted by Gasteiger charge is 2.11. The highest BCUT2D eigenvalue weighted by molar-refractivity contribution is 6.43. The first kappa shape index (κ1) is 16.9. The van der Waals surface area contributed by atoms with Crippen LogP contribution in [-0.2, 0) is 16.1 Å². The molecule has 0 saturated heterocycles. The van der Waals surface area contributed by atoms with Gasteiger partial charge in [0.1, 0.15) is 18.0 Å². The first-order valence-corrected chi connectivity index (χ1v) is 8.02. The molecule has 0 radical (unpaired) electrons. The molecule has 5 nitrogen and oxygen atoms in total. The normalized spacial score (nSPS) is 10.8. The van der Waals surface area contributed by atoms with Crippen LogP contribution in [0.4, 0.5) is 0 Å². The second-order valence-corrected chi connectivity index (χ2v) is 6.07. The van der Waals surface area contributed by atoms with Crippen LogP contribution in [0.15, 0.2) is 42.7 Å². The molecule has 2 aromatic heterocycles. The van der Waals surface area contributed by atoms with Crippen molar-refractivity contribution in [2.45, 2.75) is 6.61 Å². The van der Waals surface area contributed by atoms with E-state index in [-0.39, 0.29) is 29.0 Å². The second-order valence-electron chi connectivity index (χ2n) is 4.84. The SMILES string of the molecule is O=C(COc1cc(Cl)c(Cl)cc1Cl)OCc1cn2ccccc2n1. The monoisotopic (exact) mass is 384 g/mol. The third-order valence-electron chi connectivity index (χ3n) is 3.12. The third-order valence-corrected chi connectivity index (χ3v) is 4.13. The van der Waals surface area contributed by atoms with Crippen molar-refractivity contribution in [1.82, 2.24) is 9.38 Å². The number of aromatic nitrogens is 2. The number of fused-ring (bicyclic) bond motifs is 1. The van der Waals surface area contributed by atoms with Gasteiger partial charge in [-0.3, -0.25) is 0 Å². The van der Waals surface area contributed by atoms with E-state index < -0.39 is 5.97 Å². The maximum Gasteiger partial charge on any atom is 0.344 e. The van der Waals surface area contributed by atoms with Crippen LogP contribution in [0.3, 0.4) is 0 Å². The van der Waals surface area contributed by atoms with Crippen LogP contribution < -0.4 is 4.74 Å². The number of hydrogen-bond acceptors (Lipinski definition) is 4. The van der Waals surface area contributed by atoms with Crippen molar-refractivity contribution in [3.8, 4) is 5.75 Å². The highest BCUT2D eigenvalue weighted by Crippen LogP contribution is 2.33. The Kier molecular flexibility index (Phi) is 5.14. The molecule has 0 aliphatic rings. The summed E-state index contributed by atoms with van der Waals surface area (Å²) in [7, 11) is 0. The molecule has 8 heteroatoms. The molecule has 0 N–H and O–H groups in total. The Morgan fingerprint density at radius 2 is 1.92 bits per heavy atom. The molecule has 0 bridgehead atoms. The highest BCUT2D eigenvalue weighted by atomic mass is 35.5. The van der Waals surface area contributed by atoms with Gasteiger partial charge in [-0.1, -0.05) is 40.9 Å². The molecule has 0 saturated carbocycles. The fraction of sp³-hybridized carbons (Fsp3) is 0.125. The number of halogens is 3. The van der Waals surface area contributed by atoms with Crippen LogP contribution in [0.5, 0.6) is 5.75 Å². The van der Waals surface area contributed by atoms with E-state index in [0.29, 0.717) is 10.7 Å². The average molecular weight is 386 g/mol. The minimum absolute atomic E-state index is 0.0545. The summed E-state index contributed by atoms with van der Waals surface area (Å²) in [6, 6.07) is 8.53. The fourth-order valence-electron chi connectivity index (χ4n) is 2.00. The predicted molar refractivity (Wildman–Crippen MR) is 92.0 cm³/mol. The van der Waals surface area contributed by atoms with Crippen LogP contribution in [-0.4, -0.2) is 22.0 Å².